The molecule has 0 saturated heterocycles. The van der Waals surface area contributed by atoms with E-state index in [0.717, 1.165) is 43.7 Å². The molecule has 0 N–H and O–H groups in total. The summed E-state index contributed by atoms with van der Waals surface area (Å²) < 4.78 is 86.7. The van der Waals surface area contributed by atoms with E-state index in [1.54, 1.807) is 0 Å². The van der Waals surface area contributed by atoms with Crippen molar-refractivity contribution in [1.82, 2.24) is 0 Å². The van der Waals surface area contributed by atoms with E-state index in [0.29, 0.717) is 18.8 Å². The number of alkyl halides is 6. The molecule has 0 bridgehead atoms. The first-order valence-electron chi connectivity index (χ1n) is 13.0. The number of carbonyl (C=O) groups excluding carboxylic acids is 1. The molecule has 1 aromatic rings. The van der Waals surface area contributed by atoms with Crippen molar-refractivity contribution in [3.05, 3.63) is 28.8 Å². The standard InChI is InChI=1S/C27H38F6O2/c1-3-5-6-7-8-10-19-13-15-20(16-14-19)11-9-12-22(34)21-17-18-23(35-4-2)25(27(31,32)33)24(21)26(28,29)30/h17-20H,3-16H2,1-2H3. The second-order valence-corrected chi connectivity index (χ2v) is 9.69. The molecule has 1 aromatic carbocycles. The van der Waals surface area contributed by atoms with Gasteiger partial charge in [0.15, 0.2) is 5.78 Å². The highest BCUT2D eigenvalue weighted by molar-refractivity contribution is 5.98. The molecule has 0 aromatic heterocycles. The molecule has 200 valence electrons. The number of carbonyl (C=O) groups is 1. The second-order valence-electron chi connectivity index (χ2n) is 9.69. The van der Waals surface area contributed by atoms with E-state index in [2.05, 4.69) is 6.92 Å². The van der Waals surface area contributed by atoms with E-state index in [1.807, 2.05) is 0 Å². The van der Waals surface area contributed by atoms with Gasteiger partial charge in [-0.25, -0.2) is 0 Å². The largest absolute Gasteiger partial charge is 0.493 e. The van der Waals surface area contributed by atoms with E-state index < -0.39 is 40.6 Å². The van der Waals surface area contributed by atoms with Crippen LogP contribution >= 0.6 is 0 Å². The zero-order valence-electron chi connectivity index (χ0n) is 20.8. The highest BCUT2D eigenvalue weighted by atomic mass is 19.4. The number of unbranched alkanes of at least 4 members (excludes halogenated alkanes) is 4. The molecular formula is C27H38F6O2. The summed E-state index contributed by atoms with van der Waals surface area (Å²) in [7, 11) is 0. The topological polar surface area (TPSA) is 26.3 Å². The number of hydrogen-bond acceptors (Lipinski definition) is 2. The molecule has 0 unspecified atom stereocenters. The Kier molecular flexibility index (Phi) is 11.4. The third-order valence-electron chi connectivity index (χ3n) is 7.03. The molecule has 35 heavy (non-hydrogen) atoms. The summed E-state index contributed by atoms with van der Waals surface area (Å²) in [5.74, 6) is -0.668. The molecule has 2 nitrogen and oxygen atoms in total. The molecule has 0 atom stereocenters. The van der Waals surface area contributed by atoms with Crippen LogP contribution in [0.2, 0.25) is 0 Å². The third-order valence-corrected chi connectivity index (χ3v) is 7.03. The molecule has 0 radical (unpaired) electrons. The van der Waals surface area contributed by atoms with E-state index in [-0.39, 0.29) is 13.0 Å². The van der Waals surface area contributed by atoms with Crippen LogP contribution in [-0.4, -0.2) is 12.4 Å². The molecule has 8 heteroatoms. The van der Waals surface area contributed by atoms with Crippen molar-refractivity contribution in [2.75, 3.05) is 6.61 Å². The van der Waals surface area contributed by atoms with Gasteiger partial charge >= 0.3 is 12.4 Å². The lowest BCUT2D eigenvalue weighted by Crippen LogP contribution is -2.22. The van der Waals surface area contributed by atoms with Crippen LogP contribution in [-0.2, 0) is 12.4 Å². The Morgan fingerprint density at radius 3 is 1.86 bits per heavy atom. The number of hydrogen-bond donors (Lipinski definition) is 0. The van der Waals surface area contributed by atoms with E-state index in [4.69, 9.17) is 4.74 Å². The average Bonchev–Trinajstić information content (AvgIpc) is 2.78. The average molecular weight is 509 g/mol. The maximum absolute atomic E-state index is 13.7. The molecule has 2 rings (SSSR count). The van der Waals surface area contributed by atoms with Crippen molar-refractivity contribution in [3.63, 3.8) is 0 Å². The lowest BCUT2D eigenvalue weighted by molar-refractivity contribution is -0.163. The highest BCUT2D eigenvalue weighted by Crippen LogP contribution is 2.47. The number of halogens is 6. The smallest absolute Gasteiger partial charge is 0.420 e. The molecule has 0 spiro atoms. The van der Waals surface area contributed by atoms with Gasteiger partial charge in [-0.3, -0.25) is 4.79 Å². The van der Waals surface area contributed by atoms with Gasteiger partial charge in [0.05, 0.1) is 12.2 Å². The maximum atomic E-state index is 13.7. The number of Topliss-reactive ketones (excluding diaryl/α,β-unsaturated/α-hetero) is 1. The first kappa shape index (κ1) is 29.5. The lowest BCUT2D eigenvalue weighted by atomic mass is 9.78. The SMILES string of the molecule is CCCCCCCC1CCC(CCCC(=O)c2ccc(OCC)c(C(F)(F)F)c2C(F)(F)F)CC1. The summed E-state index contributed by atoms with van der Waals surface area (Å²) in [6.07, 6.45) is 2.17. The Morgan fingerprint density at radius 1 is 0.800 bits per heavy atom. The molecule has 1 fully saturated rings. The van der Waals surface area contributed by atoms with Gasteiger partial charge in [0, 0.05) is 12.0 Å². The van der Waals surface area contributed by atoms with Crippen LogP contribution in [0.5, 0.6) is 5.75 Å². The van der Waals surface area contributed by atoms with Crippen molar-refractivity contribution < 1.29 is 35.9 Å². The highest BCUT2D eigenvalue weighted by Gasteiger charge is 2.48. The van der Waals surface area contributed by atoms with Crippen LogP contribution in [0.3, 0.4) is 0 Å². The van der Waals surface area contributed by atoms with Gasteiger partial charge in [-0.2, -0.15) is 26.3 Å². The first-order valence-corrected chi connectivity index (χ1v) is 13.0. The fourth-order valence-electron chi connectivity index (χ4n) is 5.20. The fraction of sp³-hybridized carbons (Fsp3) is 0.741. The number of rotatable bonds is 13. The van der Waals surface area contributed by atoms with Gasteiger partial charge in [0.25, 0.3) is 0 Å². The molecule has 1 saturated carbocycles. The van der Waals surface area contributed by atoms with E-state index in [1.165, 1.54) is 45.4 Å². The predicted octanol–water partition coefficient (Wildman–Crippen LogP) is 9.64. The van der Waals surface area contributed by atoms with Crippen LogP contribution in [0, 0.1) is 11.8 Å². The van der Waals surface area contributed by atoms with Gasteiger partial charge in [0.1, 0.15) is 11.3 Å². The quantitative estimate of drug-likeness (QED) is 0.151. The zero-order chi connectivity index (χ0) is 26.1. The van der Waals surface area contributed by atoms with Crippen LogP contribution < -0.4 is 4.74 Å². The third kappa shape index (κ3) is 9.02. The molecule has 1 aliphatic carbocycles. The Balaban J connectivity index is 1.95. The molecule has 0 heterocycles. The second kappa shape index (κ2) is 13.5. The van der Waals surface area contributed by atoms with Crippen molar-refractivity contribution in [3.8, 4) is 5.75 Å². The van der Waals surface area contributed by atoms with Crippen molar-refractivity contribution >= 4 is 5.78 Å². The summed E-state index contributed by atoms with van der Waals surface area (Å²) in [6, 6.07) is 1.63. The minimum atomic E-state index is -5.34. The van der Waals surface area contributed by atoms with E-state index in [9.17, 15) is 31.1 Å². The summed E-state index contributed by atoms with van der Waals surface area (Å²) in [4.78, 5) is 12.6. The summed E-state index contributed by atoms with van der Waals surface area (Å²) >= 11 is 0. The molecular weight excluding hydrogens is 470 g/mol. The monoisotopic (exact) mass is 508 g/mol. The van der Waals surface area contributed by atoms with Gasteiger partial charge in [-0.05, 0) is 37.3 Å². The zero-order valence-corrected chi connectivity index (χ0v) is 20.8. The summed E-state index contributed by atoms with van der Waals surface area (Å²) in [5, 5.41) is 0. The van der Waals surface area contributed by atoms with Gasteiger partial charge < -0.3 is 4.74 Å². The summed E-state index contributed by atoms with van der Waals surface area (Å²) in [5.41, 5.74) is -4.80. The van der Waals surface area contributed by atoms with Gasteiger partial charge in [-0.15, -0.1) is 0 Å². The van der Waals surface area contributed by atoms with Crippen LogP contribution in [0.4, 0.5) is 26.3 Å². The van der Waals surface area contributed by atoms with Gasteiger partial charge in [0.2, 0.25) is 0 Å². The van der Waals surface area contributed by atoms with Crippen molar-refractivity contribution in [2.24, 2.45) is 11.8 Å². The summed E-state index contributed by atoms with van der Waals surface area (Å²) in [6.45, 7) is 3.35. The predicted molar refractivity (Wildman–Crippen MR) is 125 cm³/mol. The number of ketones is 1. The number of ether oxygens (including phenoxy) is 1. The normalized spacial score (nSPS) is 19.1. The Labute approximate surface area is 204 Å². The Bertz CT molecular complexity index is 792. The fourth-order valence-corrected chi connectivity index (χ4v) is 5.20. The van der Waals surface area contributed by atoms with Crippen LogP contribution in [0.25, 0.3) is 0 Å². The molecule has 0 aliphatic heterocycles. The van der Waals surface area contributed by atoms with Crippen LogP contribution in [0.15, 0.2) is 12.1 Å². The number of benzene rings is 1. The van der Waals surface area contributed by atoms with Crippen molar-refractivity contribution in [1.29, 1.82) is 0 Å². The minimum Gasteiger partial charge on any atom is -0.493 e. The molecule has 1 aliphatic rings. The lowest BCUT2D eigenvalue weighted by Gasteiger charge is -2.28. The molecule has 0 amide bonds. The van der Waals surface area contributed by atoms with Crippen LogP contribution in [0.1, 0.15) is 119 Å². The van der Waals surface area contributed by atoms with Gasteiger partial charge in [-0.1, -0.05) is 77.6 Å². The Hall–Kier alpha value is -1.73. The maximum Gasteiger partial charge on any atom is 0.420 e. The van der Waals surface area contributed by atoms with Crippen molar-refractivity contribution in [2.45, 2.75) is 110 Å². The van der Waals surface area contributed by atoms with E-state index >= 15 is 0 Å². The first-order chi connectivity index (χ1) is 16.5. The minimum absolute atomic E-state index is 0.203. The Morgan fingerprint density at radius 2 is 1.34 bits per heavy atom.